The molecule has 0 amide bonds. The number of hydrogen-bond acceptors (Lipinski definition) is 3. The van der Waals surface area contributed by atoms with Crippen LogP contribution >= 0.6 is 0 Å². The number of benzene rings is 1. The molecule has 0 bridgehead atoms. The Morgan fingerprint density at radius 1 is 1.18 bits per heavy atom. The number of Topliss-reactive ketones (excluding diaryl/α,β-unsaturated/α-hetero) is 1. The Labute approximate surface area is 101 Å². The van der Waals surface area contributed by atoms with Crippen molar-refractivity contribution >= 4 is 11.8 Å². The molecule has 17 heavy (non-hydrogen) atoms. The highest BCUT2D eigenvalue weighted by molar-refractivity contribution is 5.78. The average molecular weight is 235 g/mol. The summed E-state index contributed by atoms with van der Waals surface area (Å²) in [7, 11) is 0. The molecule has 0 spiro atoms. The van der Waals surface area contributed by atoms with E-state index in [0.717, 1.165) is 11.1 Å². The second-order valence-corrected chi connectivity index (χ2v) is 4.23. The minimum absolute atomic E-state index is 0.0293. The number of rotatable bonds is 6. The Kier molecular flexibility index (Phi) is 4.84. The van der Waals surface area contributed by atoms with Gasteiger partial charge in [0.1, 0.15) is 5.78 Å². The highest BCUT2D eigenvalue weighted by atomic mass is 16.4. The molecule has 0 aliphatic heterocycles. The van der Waals surface area contributed by atoms with Crippen LogP contribution in [0.5, 0.6) is 0 Å². The average Bonchev–Trinajstić information content (AvgIpc) is 2.19. The van der Waals surface area contributed by atoms with E-state index in [1.807, 2.05) is 31.2 Å². The maximum Gasteiger partial charge on any atom is 0.317 e. The molecule has 0 aliphatic rings. The van der Waals surface area contributed by atoms with E-state index < -0.39 is 5.97 Å². The Hall–Kier alpha value is -1.68. The van der Waals surface area contributed by atoms with Crippen LogP contribution < -0.4 is 0 Å². The molecule has 1 aromatic carbocycles. The number of carbonyl (C=O) groups excluding carboxylic acids is 1. The molecule has 0 radical (unpaired) electrons. The van der Waals surface area contributed by atoms with Gasteiger partial charge >= 0.3 is 5.97 Å². The van der Waals surface area contributed by atoms with Crippen molar-refractivity contribution in [2.75, 3.05) is 13.1 Å². The van der Waals surface area contributed by atoms with Crippen LogP contribution in [0.4, 0.5) is 0 Å². The van der Waals surface area contributed by atoms with Crippen molar-refractivity contribution in [3.63, 3.8) is 0 Å². The van der Waals surface area contributed by atoms with Gasteiger partial charge in [0.25, 0.3) is 0 Å². The summed E-state index contributed by atoms with van der Waals surface area (Å²) in [6.45, 7) is 3.98. The molecule has 0 atom stereocenters. The number of aryl methyl sites for hydroxylation is 1. The summed E-state index contributed by atoms with van der Waals surface area (Å²) in [5.41, 5.74) is 2.17. The zero-order chi connectivity index (χ0) is 12.8. The van der Waals surface area contributed by atoms with E-state index in [0.29, 0.717) is 6.54 Å². The standard InChI is InChI=1S/C13H17NO3/c1-10-3-5-12(6-4-10)8-14(7-11(2)15)9-13(16)17/h3-6H,7-9H2,1-2H3,(H,16,17). The summed E-state index contributed by atoms with van der Waals surface area (Å²) in [5.74, 6) is -0.947. The Balaban J connectivity index is 2.67. The van der Waals surface area contributed by atoms with Crippen molar-refractivity contribution in [3.8, 4) is 0 Å². The van der Waals surface area contributed by atoms with Gasteiger partial charge in [-0.05, 0) is 19.4 Å². The van der Waals surface area contributed by atoms with Crippen LogP contribution in [0.2, 0.25) is 0 Å². The summed E-state index contributed by atoms with van der Waals surface area (Å²) in [6, 6.07) is 7.85. The van der Waals surface area contributed by atoms with Crippen LogP contribution in [-0.2, 0) is 16.1 Å². The van der Waals surface area contributed by atoms with E-state index in [1.54, 1.807) is 4.90 Å². The van der Waals surface area contributed by atoms with Crippen LogP contribution in [0.3, 0.4) is 0 Å². The minimum atomic E-state index is -0.918. The highest BCUT2D eigenvalue weighted by Crippen LogP contribution is 2.06. The molecular formula is C13H17NO3. The van der Waals surface area contributed by atoms with Crippen molar-refractivity contribution in [3.05, 3.63) is 35.4 Å². The van der Waals surface area contributed by atoms with Gasteiger partial charge < -0.3 is 5.11 Å². The van der Waals surface area contributed by atoms with Crippen LogP contribution in [0.25, 0.3) is 0 Å². The van der Waals surface area contributed by atoms with Crippen molar-refractivity contribution in [1.29, 1.82) is 0 Å². The lowest BCUT2D eigenvalue weighted by Crippen LogP contribution is -2.33. The van der Waals surface area contributed by atoms with Gasteiger partial charge in [0, 0.05) is 6.54 Å². The molecule has 4 heteroatoms. The lowest BCUT2D eigenvalue weighted by Gasteiger charge is -2.18. The van der Waals surface area contributed by atoms with Gasteiger partial charge in [-0.2, -0.15) is 0 Å². The number of ketones is 1. The largest absolute Gasteiger partial charge is 0.480 e. The minimum Gasteiger partial charge on any atom is -0.480 e. The fraction of sp³-hybridized carbons (Fsp3) is 0.385. The van der Waals surface area contributed by atoms with E-state index in [9.17, 15) is 9.59 Å². The molecule has 1 N–H and O–H groups in total. The number of carboxylic acids is 1. The SMILES string of the molecule is CC(=O)CN(CC(=O)O)Cc1ccc(C)cc1. The van der Waals surface area contributed by atoms with Gasteiger partial charge in [-0.1, -0.05) is 29.8 Å². The third-order valence-corrected chi connectivity index (χ3v) is 2.33. The van der Waals surface area contributed by atoms with Gasteiger partial charge in [-0.25, -0.2) is 0 Å². The highest BCUT2D eigenvalue weighted by Gasteiger charge is 2.12. The second-order valence-electron chi connectivity index (χ2n) is 4.23. The molecule has 1 aromatic rings. The molecule has 0 aromatic heterocycles. The molecule has 0 fully saturated rings. The molecule has 92 valence electrons. The zero-order valence-electron chi connectivity index (χ0n) is 10.1. The van der Waals surface area contributed by atoms with Crippen LogP contribution in [0, 0.1) is 6.92 Å². The van der Waals surface area contributed by atoms with Crippen molar-refractivity contribution < 1.29 is 14.7 Å². The van der Waals surface area contributed by atoms with E-state index in [1.165, 1.54) is 6.92 Å². The van der Waals surface area contributed by atoms with Gasteiger partial charge in [-0.15, -0.1) is 0 Å². The lowest BCUT2D eigenvalue weighted by molar-refractivity contribution is -0.138. The molecular weight excluding hydrogens is 218 g/mol. The first-order valence-electron chi connectivity index (χ1n) is 5.46. The number of hydrogen-bond donors (Lipinski definition) is 1. The topological polar surface area (TPSA) is 57.6 Å². The number of carboxylic acid groups (broad SMARTS) is 1. The van der Waals surface area contributed by atoms with E-state index in [-0.39, 0.29) is 18.9 Å². The number of nitrogens with zero attached hydrogens (tertiary/aromatic N) is 1. The fourth-order valence-electron chi connectivity index (χ4n) is 1.63. The second kappa shape index (κ2) is 6.15. The summed E-state index contributed by atoms with van der Waals surface area (Å²) in [6.07, 6.45) is 0. The first kappa shape index (κ1) is 13.4. The maximum atomic E-state index is 11.0. The summed E-state index contributed by atoms with van der Waals surface area (Å²) < 4.78 is 0. The van der Waals surface area contributed by atoms with Crippen molar-refractivity contribution in [2.24, 2.45) is 0 Å². The van der Waals surface area contributed by atoms with Crippen molar-refractivity contribution in [1.82, 2.24) is 4.90 Å². The third kappa shape index (κ3) is 5.26. The molecule has 0 aliphatic carbocycles. The predicted molar refractivity (Wildman–Crippen MR) is 64.8 cm³/mol. The predicted octanol–water partition coefficient (Wildman–Crippen LogP) is 1.47. The van der Waals surface area contributed by atoms with Gasteiger partial charge in [-0.3, -0.25) is 14.5 Å². The molecule has 0 heterocycles. The molecule has 0 saturated carbocycles. The van der Waals surface area contributed by atoms with Crippen LogP contribution in [0.1, 0.15) is 18.1 Å². The van der Waals surface area contributed by atoms with Crippen LogP contribution in [0.15, 0.2) is 24.3 Å². The van der Waals surface area contributed by atoms with Crippen LogP contribution in [-0.4, -0.2) is 34.8 Å². The van der Waals surface area contributed by atoms with Gasteiger partial charge in [0.15, 0.2) is 0 Å². The van der Waals surface area contributed by atoms with E-state index in [2.05, 4.69) is 0 Å². The Bertz CT molecular complexity index is 382. The number of carbonyl (C=O) groups is 2. The normalized spacial score (nSPS) is 10.5. The number of aliphatic carboxylic acids is 1. The Morgan fingerprint density at radius 2 is 1.76 bits per heavy atom. The van der Waals surface area contributed by atoms with Gasteiger partial charge in [0.05, 0.1) is 13.1 Å². The van der Waals surface area contributed by atoms with E-state index >= 15 is 0 Å². The summed E-state index contributed by atoms with van der Waals surface area (Å²) >= 11 is 0. The first-order valence-corrected chi connectivity index (χ1v) is 5.46. The molecule has 4 nitrogen and oxygen atoms in total. The van der Waals surface area contributed by atoms with E-state index in [4.69, 9.17) is 5.11 Å². The molecule has 1 rings (SSSR count). The Morgan fingerprint density at radius 3 is 2.24 bits per heavy atom. The van der Waals surface area contributed by atoms with Crippen molar-refractivity contribution in [2.45, 2.75) is 20.4 Å². The summed E-state index contributed by atoms with van der Waals surface area (Å²) in [4.78, 5) is 23.3. The monoisotopic (exact) mass is 235 g/mol. The smallest absolute Gasteiger partial charge is 0.317 e. The maximum absolute atomic E-state index is 11.0. The third-order valence-electron chi connectivity index (χ3n) is 2.33. The zero-order valence-corrected chi connectivity index (χ0v) is 10.1. The van der Waals surface area contributed by atoms with Gasteiger partial charge in [0.2, 0.25) is 0 Å². The molecule has 0 unspecified atom stereocenters. The fourth-order valence-corrected chi connectivity index (χ4v) is 1.63. The lowest BCUT2D eigenvalue weighted by atomic mass is 10.1. The first-order chi connectivity index (χ1) is 7.97. The molecule has 0 saturated heterocycles. The summed E-state index contributed by atoms with van der Waals surface area (Å²) in [5, 5.41) is 8.77. The quantitative estimate of drug-likeness (QED) is 0.811.